The molecule has 0 amide bonds. The Kier molecular flexibility index (Phi) is 6.52. The van der Waals surface area contributed by atoms with Gasteiger partial charge in [-0.3, -0.25) is 0 Å². The van der Waals surface area contributed by atoms with Gasteiger partial charge in [0.15, 0.2) is 0 Å². The van der Waals surface area contributed by atoms with E-state index in [9.17, 15) is 8.42 Å². The van der Waals surface area contributed by atoms with Crippen LogP contribution in [0.2, 0.25) is 0 Å². The zero-order valence-electron chi connectivity index (χ0n) is 10.6. The summed E-state index contributed by atoms with van der Waals surface area (Å²) in [6, 6.07) is 6.96. The van der Waals surface area contributed by atoms with E-state index in [2.05, 4.69) is 11.6 Å². The van der Waals surface area contributed by atoms with Crippen LogP contribution in [0.3, 0.4) is 0 Å². The monoisotopic (exact) mass is 288 g/mol. The molecule has 6 heteroatoms. The molecule has 0 aliphatic rings. The minimum atomic E-state index is -3.25. The average molecular weight is 288 g/mol. The van der Waals surface area contributed by atoms with Crippen LogP contribution in [0.15, 0.2) is 24.3 Å². The number of benzene rings is 1. The first-order valence-electron chi connectivity index (χ1n) is 5.93. The van der Waals surface area contributed by atoms with Gasteiger partial charge in [-0.1, -0.05) is 19.1 Å². The van der Waals surface area contributed by atoms with E-state index in [0.717, 1.165) is 17.9 Å². The molecule has 3 N–H and O–H groups in total. The van der Waals surface area contributed by atoms with Crippen molar-refractivity contribution in [3.8, 4) is 0 Å². The molecule has 0 bridgehead atoms. The average Bonchev–Trinajstić information content (AvgIpc) is 2.28. The lowest BCUT2D eigenvalue weighted by Crippen LogP contribution is -2.26. The summed E-state index contributed by atoms with van der Waals surface area (Å²) in [5, 5.41) is 0. The molecule has 0 atom stereocenters. The molecule has 0 spiro atoms. The standard InChI is InChI=1S/C12H20N2O2S2/c1-2-17-8-4-7-14-18(15,16)10-11-5-3-6-12(13)9-11/h3,5-6,9,14H,2,4,7-8,10,13H2,1H3. The molecule has 102 valence electrons. The highest BCUT2D eigenvalue weighted by Crippen LogP contribution is 2.09. The minimum Gasteiger partial charge on any atom is -0.399 e. The maximum Gasteiger partial charge on any atom is 0.215 e. The van der Waals surface area contributed by atoms with E-state index >= 15 is 0 Å². The summed E-state index contributed by atoms with van der Waals surface area (Å²) in [7, 11) is -3.25. The Bertz CT molecular complexity index is 461. The molecule has 0 unspecified atom stereocenters. The Hall–Kier alpha value is -0.720. The fourth-order valence-electron chi connectivity index (χ4n) is 1.50. The van der Waals surface area contributed by atoms with Gasteiger partial charge in [0.25, 0.3) is 0 Å². The summed E-state index contributed by atoms with van der Waals surface area (Å²) in [5.74, 6) is 2.03. The Morgan fingerprint density at radius 2 is 2.17 bits per heavy atom. The van der Waals surface area contributed by atoms with Crippen molar-refractivity contribution in [2.24, 2.45) is 0 Å². The van der Waals surface area contributed by atoms with Gasteiger partial charge in [0.2, 0.25) is 10.0 Å². The number of anilines is 1. The van der Waals surface area contributed by atoms with Crippen LogP contribution < -0.4 is 10.5 Å². The molecule has 0 heterocycles. The van der Waals surface area contributed by atoms with Gasteiger partial charge in [-0.2, -0.15) is 11.8 Å². The molecule has 1 rings (SSSR count). The van der Waals surface area contributed by atoms with Crippen molar-refractivity contribution < 1.29 is 8.42 Å². The molecule has 0 aliphatic carbocycles. The topological polar surface area (TPSA) is 72.2 Å². The highest BCUT2D eigenvalue weighted by Gasteiger charge is 2.10. The van der Waals surface area contributed by atoms with Gasteiger partial charge < -0.3 is 5.73 Å². The third-order valence-electron chi connectivity index (χ3n) is 2.30. The van der Waals surface area contributed by atoms with Crippen LogP contribution in [-0.2, 0) is 15.8 Å². The first kappa shape index (κ1) is 15.3. The fraction of sp³-hybridized carbons (Fsp3) is 0.500. The SMILES string of the molecule is CCSCCCNS(=O)(=O)Cc1cccc(N)c1. The molecule has 0 aliphatic heterocycles. The van der Waals surface area contributed by atoms with E-state index < -0.39 is 10.0 Å². The normalized spacial score (nSPS) is 11.6. The Balaban J connectivity index is 2.40. The van der Waals surface area contributed by atoms with Crippen molar-refractivity contribution in [1.29, 1.82) is 0 Å². The van der Waals surface area contributed by atoms with Gasteiger partial charge >= 0.3 is 0 Å². The summed E-state index contributed by atoms with van der Waals surface area (Å²) >= 11 is 1.81. The van der Waals surface area contributed by atoms with Crippen molar-refractivity contribution in [3.05, 3.63) is 29.8 Å². The van der Waals surface area contributed by atoms with E-state index in [0.29, 0.717) is 17.8 Å². The molecular formula is C12H20N2O2S2. The first-order chi connectivity index (χ1) is 8.53. The third kappa shape index (κ3) is 6.28. The molecule has 18 heavy (non-hydrogen) atoms. The molecule has 0 radical (unpaired) electrons. The van der Waals surface area contributed by atoms with Crippen LogP contribution in [0.4, 0.5) is 5.69 Å². The highest BCUT2D eigenvalue weighted by atomic mass is 32.2. The Labute approximate surface area is 113 Å². The number of nitrogens with one attached hydrogen (secondary N) is 1. The van der Waals surface area contributed by atoms with Gasteiger partial charge in [0.1, 0.15) is 0 Å². The zero-order valence-corrected chi connectivity index (χ0v) is 12.2. The lowest BCUT2D eigenvalue weighted by Gasteiger charge is -2.07. The molecule has 0 fully saturated rings. The third-order valence-corrected chi connectivity index (χ3v) is 4.64. The quantitative estimate of drug-likeness (QED) is 0.565. The van der Waals surface area contributed by atoms with Crippen LogP contribution in [0.25, 0.3) is 0 Å². The smallest absolute Gasteiger partial charge is 0.215 e. The van der Waals surface area contributed by atoms with Crippen molar-refractivity contribution in [2.75, 3.05) is 23.8 Å². The highest BCUT2D eigenvalue weighted by molar-refractivity contribution is 7.99. The largest absolute Gasteiger partial charge is 0.399 e. The molecule has 4 nitrogen and oxygen atoms in total. The van der Waals surface area contributed by atoms with Crippen LogP contribution in [-0.4, -0.2) is 26.5 Å². The number of nitrogen functional groups attached to an aromatic ring is 1. The predicted octanol–water partition coefficient (Wildman–Crippen LogP) is 1.83. The van der Waals surface area contributed by atoms with E-state index in [1.807, 2.05) is 11.8 Å². The number of hydrogen-bond acceptors (Lipinski definition) is 4. The van der Waals surface area contributed by atoms with Crippen molar-refractivity contribution >= 4 is 27.5 Å². The van der Waals surface area contributed by atoms with Crippen LogP contribution in [0, 0.1) is 0 Å². The molecule has 0 saturated carbocycles. The van der Waals surface area contributed by atoms with Crippen molar-refractivity contribution in [1.82, 2.24) is 4.72 Å². The maximum absolute atomic E-state index is 11.8. The van der Waals surface area contributed by atoms with Crippen LogP contribution in [0.1, 0.15) is 18.9 Å². The molecule has 1 aromatic rings. The lowest BCUT2D eigenvalue weighted by molar-refractivity contribution is 0.580. The lowest BCUT2D eigenvalue weighted by atomic mass is 10.2. The number of hydrogen-bond donors (Lipinski definition) is 2. The first-order valence-corrected chi connectivity index (χ1v) is 8.73. The van der Waals surface area contributed by atoms with Gasteiger partial charge in [-0.25, -0.2) is 13.1 Å². The zero-order chi connectivity index (χ0) is 13.4. The summed E-state index contributed by atoms with van der Waals surface area (Å²) in [4.78, 5) is 0. The number of sulfonamides is 1. The van der Waals surface area contributed by atoms with Gasteiger partial charge in [0.05, 0.1) is 5.75 Å². The second-order valence-corrected chi connectivity index (χ2v) is 7.15. The maximum atomic E-state index is 11.8. The van der Waals surface area contributed by atoms with E-state index in [4.69, 9.17) is 5.73 Å². The van der Waals surface area contributed by atoms with Gasteiger partial charge in [-0.05, 0) is 35.6 Å². The second kappa shape index (κ2) is 7.66. The van der Waals surface area contributed by atoms with Crippen LogP contribution >= 0.6 is 11.8 Å². The second-order valence-electron chi connectivity index (χ2n) is 3.95. The van der Waals surface area contributed by atoms with Crippen molar-refractivity contribution in [3.63, 3.8) is 0 Å². The predicted molar refractivity (Wildman–Crippen MR) is 79.1 cm³/mol. The van der Waals surface area contributed by atoms with Gasteiger partial charge in [0, 0.05) is 12.2 Å². The number of nitrogens with two attached hydrogens (primary N) is 1. The Morgan fingerprint density at radius 1 is 1.39 bits per heavy atom. The number of thioether (sulfide) groups is 1. The van der Waals surface area contributed by atoms with Gasteiger partial charge in [-0.15, -0.1) is 0 Å². The van der Waals surface area contributed by atoms with E-state index in [-0.39, 0.29) is 5.75 Å². The summed E-state index contributed by atoms with van der Waals surface area (Å²) in [6.45, 7) is 2.59. The summed E-state index contributed by atoms with van der Waals surface area (Å²) < 4.78 is 26.2. The number of rotatable bonds is 8. The molecule has 0 aromatic heterocycles. The van der Waals surface area contributed by atoms with E-state index in [1.54, 1.807) is 24.3 Å². The fourth-order valence-corrected chi connectivity index (χ4v) is 3.31. The molecule has 1 aromatic carbocycles. The van der Waals surface area contributed by atoms with Crippen LogP contribution in [0.5, 0.6) is 0 Å². The Morgan fingerprint density at radius 3 is 2.83 bits per heavy atom. The molecule has 0 saturated heterocycles. The van der Waals surface area contributed by atoms with Crippen molar-refractivity contribution in [2.45, 2.75) is 19.1 Å². The van der Waals surface area contributed by atoms with E-state index in [1.165, 1.54) is 0 Å². The summed E-state index contributed by atoms with van der Waals surface area (Å²) in [5.41, 5.74) is 6.91. The molecular weight excluding hydrogens is 268 g/mol. The summed E-state index contributed by atoms with van der Waals surface area (Å²) in [6.07, 6.45) is 0.856. The minimum absolute atomic E-state index is 0.0149.